The van der Waals surface area contributed by atoms with Crippen molar-refractivity contribution in [2.24, 2.45) is 0 Å². The summed E-state index contributed by atoms with van der Waals surface area (Å²) in [4.78, 5) is 12.1. The van der Waals surface area contributed by atoms with Crippen LogP contribution in [0.25, 0.3) is 0 Å². The number of hydrogen-bond acceptors (Lipinski definition) is 2. The van der Waals surface area contributed by atoms with Crippen molar-refractivity contribution < 1.29 is 11.3 Å². The molecule has 0 radical (unpaired) electrons. The molecule has 0 unspecified atom stereocenters. The molecule has 0 heterocycles. The third kappa shape index (κ3) is 2.10. The second-order valence-electron chi connectivity index (χ2n) is 4.29. The van der Waals surface area contributed by atoms with E-state index >= 15 is 0 Å². The zero-order chi connectivity index (χ0) is 10.7. The van der Waals surface area contributed by atoms with Crippen LogP contribution in [-0.4, -0.2) is 16.5 Å². The van der Waals surface area contributed by atoms with Crippen molar-refractivity contribution in [3.8, 4) is 0 Å². The number of ketones is 1. The maximum absolute atomic E-state index is 12.1. The van der Waals surface area contributed by atoms with Crippen molar-refractivity contribution in [2.45, 2.75) is 37.7 Å². The largest absolute Gasteiger partial charge is 0.382 e. The Labute approximate surface area is 91.4 Å². The normalized spacial score (nSPS) is 19.8. The number of aliphatic hydroxyl groups is 1. The first kappa shape index (κ1) is 10.4. The van der Waals surface area contributed by atoms with Gasteiger partial charge >= 0.3 is 0 Å². The van der Waals surface area contributed by atoms with Crippen LogP contribution >= 0.6 is 0 Å². The first-order chi connectivity index (χ1) is 7.22. The van der Waals surface area contributed by atoms with Gasteiger partial charge in [0.05, 0.1) is 0 Å². The second kappa shape index (κ2) is 4.15. The van der Waals surface area contributed by atoms with E-state index < -0.39 is 5.60 Å². The standard InChI is InChI=1S/C13H16O2.H2/c14-12(11-7-3-1-4-8-11)13(15)9-5-2-6-10-13;/h1,3-4,7-8,15H,2,5-6,9-10H2;1H. The quantitative estimate of drug-likeness (QED) is 0.755. The molecule has 0 aromatic heterocycles. The number of rotatable bonds is 2. The van der Waals surface area contributed by atoms with E-state index in [1.807, 2.05) is 18.2 Å². The lowest BCUT2D eigenvalue weighted by atomic mass is 9.79. The van der Waals surface area contributed by atoms with Gasteiger partial charge in [0.15, 0.2) is 5.78 Å². The SMILES string of the molecule is O=C(c1ccccc1)C1(O)CCCCC1.[HH]. The highest BCUT2D eigenvalue weighted by Gasteiger charge is 2.37. The van der Waals surface area contributed by atoms with Gasteiger partial charge in [0.2, 0.25) is 0 Å². The van der Waals surface area contributed by atoms with Gasteiger partial charge in [-0.2, -0.15) is 0 Å². The van der Waals surface area contributed by atoms with Crippen molar-refractivity contribution in [1.29, 1.82) is 0 Å². The van der Waals surface area contributed by atoms with Crippen molar-refractivity contribution in [2.75, 3.05) is 0 Å². The van der Waals surface area contributed by atoms with Crippen molar-refractivity contribution >= 4 is 5.78 Å². The molecule has 2 rings (SSSR count). The molecule has 0 bridgehead atoms. The van der Waals surface area contributed by atoms with Crippen LogP contribution in [-0.2, 0) is 0 Å². The highest BCUT2D eigenvalue weighted by atomic mass is 16.3. The molecule has 1 aliphatic carbocycles. The molecule has 15 heavy (non-hydrogen) atoms. The Morgan fingerprint density at radius 3 is 2.33 bits per heavy atom. The Morgan fingerprint density at radius 2 is 1.73 bits per heavy atom. The van der Waals surface area contributed by atoms with E-state index in [2.05, 4.69) is 0 Å². The van der Waals surface area contributed by atoms with Gasteiger partial charge in [-0.3, -0.25) is 4.79 Å². The van der Waals surface area contributed by atoms with Gasteiger partial charge in [-0.15, -0.1) is 0 Å². The van der Waals surface area contributed by atoms with E-state index in [1.54, 1.807) is 12.1 Å². The lowest BCUT2D eigenvalue weighted by Gasteiger charge is -2.30. The summed E-state index contributed by atoms with van der Waals surface area (Å²) in [6.45, 7) is 0. The molecule has 2 nitrogen and oxygen atoms in total. The van der Waals surface area contributed by atoms with Gasteiger partial charge in [0.25, 0.3) is 0 Å². The van der Waals surface area contributed by atoms with Crippen molar-refractivity contribution in [3.63, 3.8) is 0 Å². The van der Waals surface area contributed by atoms with E-state index in [0.717, 1.165) is 19.3 Å². The molecule has 82 valence electrons. The van der Waals surface area contributed by atoms with Crippen LogP contribution in [0, 0.1) is 0 Å². The van der Waals surface area contributed by atoms with E-state index in [1.165, 1.54) is 0 Å². The number of carbonyl (C=O) groups is 1. The average molecular weight is 206 g/mol. The summed E-state index contributed by atoms with van der Waals surface area (Å²) in [6, 6.07) is 9.09. The zero-order valence-electron chi connectivity index (χ0n) is 8.78. The first-order valence-corrected chi connectivity index (χ1v) is 5.55. The lowest BCUT2D eigenvalue weighted by molar-refractivity contribution is 0.0116. The molecule has 1 N–H and O–H groups in total. The molecular weight excluding hydrogens is 188 g/mol. The molecule has 0 spiro atoms. The number of carbonyl (C=O) groups excluding carboxylic acids is 1. The van der Waals surface area contributed by atoms with Gasteiger partial charge in [0.1, 0.15) is 5.60 Å². The maximum Gasteiger partial charge on any atom is 0.194 e. The van der Waals surface area contributed by atoms with Crippen molar-refractivity contribution in [1.82, 2.24) is 0 Å². The van der Waals surface area contributed by atoms with Crippen LogP contribution < -0.4 is 0 Å². The summed E-state index contributed by atoms with van der Waals surface area (Å²) in [5.41, 5.74) is -0.471. The van der Waals surface area contributed by atoms with E-state index in [9.17, 15) is 9.90 Å². The average Bonchev–Trinajstić information content (AvgIpc) is 2.30. The summed E-state index contributed by atoms with van der Waals surface area (Å²) in [5, 5.41) is 10.2. The molecule has 1 fully saturated rings. The fourth-order valence-electron chi connectivity index (χ4n) is 2.22. The molecule has 1 saturated carbocycles. The monoisotopic (exact) mass is 206 g/mol. The van der Waals surface area contributed by atoms with Crippen LogP contribution in [0.4, 0.5) is 0 Å². The molecule has 0 aliphatic heterocycles. The smallest absolute Gasteiger partial charge is 0.194 e. The Kier molecular flexibility index (Phi) is 2.87. The van der Waals surface area contributed by atoms with E-state index in [-0.39, 0.29) is 7.21 Å². The minimum atomic E-state index is -1.10. The lowest BCUT2D eigenvalue weighted by Crippen LogP contribution is -2.40. The highest BCUT2D eigenvalue weighted by molar-refractivity contribution is 6.02. The highest BCUT2D eigenvalue weighted by Crippen LogP contribution is 2.30. The van der Waals surface area contributed by atoms with E-state index in [4.69, 9.17) is 0 Å². The molecule has 1 aliphatic rings. The van der Waals surface area contributed by atoms with Gasteiger partial charge in [0, 0.05) is 6.99 Å². The molecule has 0 saturated heterocycles. The van der Waals surface area contributed by atoms with Gasteiger partial charge in [-0.25, -0.2) is 0 Å². The van der Waals surface area contributed by atoms with Crippen LogP contribution in [0.15, 0.2) is 30.3 Å². The van der Waals surface area contributed by atoms with Crippen LogP contribution in [0.1, 0.15) is 43.9 Å². The molecule has 2 heteroatoms. The first-order valence-electron chi connectivity index (χ1n) is 5.55. The Hall–Kier alpha value is -1.15. The third-order valence-corrected chi connectivity index (χ3v) is 3.14. The summed E-state index contributed by atoms with van der Waals surface area (Å²) in [6.07, 6.45) is 4.26. The summed E-state index contributed by atoms with van der Waals surface area (Å²) < 4.78 is 0. The van der Waals surface area contributed by atoms with Crippen molar-refractivity contribution in [3.05, 3.63) is 35.9 Å². The number of benzene rings is 1. The van der Waals surface area contributed by atoms with Crippen LogP contribution in [0.2, 0.25) is 0 Å². The number of hydrogen-bond donors (Lipinski definition) is 1. The zero-order valence-corrected chi connectivity index (χ0v) is 8.78. The minimum Gasteiger partial charge on any atom is -0.382 e. The van der Waals surface area contributed by atoms with Gasteiger partial charge in [-0.1, -0.05) is 49.6 Å². The van der Waals surface area contributed by atoms with Crippen LogP contribution in [0.3, 0.4) is 0 Å². The predicted octanol–water partition coefficient (Wildman–Crippen LogP) is 2.81. The van der Waals surface area contributed by atoms with Crippen LogP contribution in [0.5, 0.6) is 0 Å². The Balaban J connectivity index is 0.00000128. The Bertz CT molecular complexity index is 342. The van der Waals surface area contributed by atoms with Gasteiger partial charge < -0.3 is 5.11 Å². The summed E-state index contributed by atoms with van der Waals surface area (Å²) in [7, 11) is 0. The molecule has 1 aromatic rings. The summed E-state index contributed by atoms with van der Waals surface area (Å²) >= 11 is 0. The van der Waals surface area contributed by atoms with E-state index in [0.29, 0.717) is 18.4 Å². The maximum atomic E-state index is 12.1. The molecule has 0 atom stereocenters. The number of Topliss-reactive ketones (excluding diaryl/α,β-unsaturated/α-hetero) is 1. The third-order valence-electron chi connectivity index (χ3n) is 3.14. The second-order valence-corrected chi connectivity index (χ2v) is 4.29. The fraction of sp³-hybridized carbons (Fsp3) is 0.462. The Morgan fingerprint density at radius 1 is 1.13 bits per heavy atom. The molecule has 1 aromatic carbocycles. The fourth-order valence-corrected chi connectivity index (χ4v) is 2.22. The van der Waals surface area contributed by atoms with Gasteiger partial charge in [-0.05, 0) is 12.8 Å². The molecular formula is C13H18O2. The minimum absolute atomic E-state index is 0. The summed E-state index contributed by atoms with van der Waals surface area (Å²) in [5.74, 6) is -0.109. The topological polar surface area (TPSA) is 37.3 Å². The molecule has 0 amide bonds. The predicted molar refractivity (Wildman–Crippen MR) is 60.9 cm³/mol.